The first kappa shape index (κ1) is 22.6. The average molecular weight is 448 g/mol. The van der Waals surface area contributed by atoms with Crippen molar-refractivity contribution in [3.63, 3.8) is 0 Å². The Morgan fingerprint density at radius 1 is 1.13 bits per heavy atom. The molecule has 0 aliphatic carbocycles. The number of anilines is 1. The number of carbonyl (C=O) groups excluding carboxylic acids is 1. The first-order valence-corrected chi connectivity index (χ1v) is 10.3. The number of halogens is 2. The topological polar surface area (TPSA) is 63.7 Å². The third kappa shape index (κ3) is 5.36. The van der Waals surface area contributed by atoms with Gasteiger partial charge in [-0.05, 0) is 49.9 Å². The Hall–Kier alpha value is -3.04. The minimum atomic E-state index is -0.943. The van der Waals surface area contributed by atoms with Crippen molar-refractivity contribution in [3.8, 4) is 22.8 Å². The fourth-order valence-electron chi connectivity index (χ4n) is 2.93. The van der Waals surface area contributed by atoms with Crippen LogP contribution in [0.3, 0.4) is 0 Å². The van der Waals surface area contributed by atoms with Crippen LogP contribution in [-0.4, -0.2) is 43.1 Å². The maximum atomic E-state index is 13.5. The molecule has 3 rings (SSSR count). The molecule has 9 heteroatoms. The lowest BCUT2D eigenvalue weighted by Crippen LogP contribution is -2.39. The fraction of sp³-hybridized carbons (Fsp3) is 0.273. The van der Waals surface area contributed by atoms with E-state index in [1.165, 1.54) is 17.4 Å². The van der Waals surface area contributed by atoms with Gasteiger partial charge in [-0.1, -0.05) is 6.07 Å². The Kier molecular flexibility index (Phi) is 7.19. The monoisotopic (exact) mass is 447 g/mol. The standard InChI is InChI=1S/C22H23F2N3O3S/c1-13(27(2)11-14-5-8-19(29-3)20(9-14)30-4)21(28)26-22-25-18(12-31-22)15-6-7-16(23)17(24)10-15/h5-10,12-13H,11H2,1-4H3,(H,25,26,28). The maximum absolute atomic E-state index is 13.5. The van der Waals surface area contributed by atoms with E-state index >= 15 is 0 Å². The van der Waals surface area contributed by atoms with Gasteiger partial charge < -0.3 is 14.8 Å². The summed E-state index contributed by atoms with van der Waals surface area (Å²) in [5.41, 5.74) is 1.87. The number of hydrogen-bond donors (Lipinski definition) is 1. The number of hydrogen-bond acceptors (Lipinski definition) is 6. The number of carbonyl (C=O) groups is 1. The number of benzene rings is 2. The molecule has 0 saturated heterocycles. The van der Waals surface area contributed by atoms with Crippen molar-refractivity contribution in [2.75, 3.05) is 26.6 Å². The van der Waals surface area contributed by atoms with Crippen LogP contribution in [0.5, 0.6) is 11.5 Å². The van der Waals surface area contributed by atoms with Crippen LogP contribution >= 0.6 is 11.3 Å². The van der Waals surface area contributed by atoms with Crippen LogP contribution in [0.2, 0.25) is 0 Å². The molecular weight excluding hydrogens is 424 g/mol. The number of likely N-dealkylation sites (N-methyl/N-ethyl adjacent to an activating group) is 1. The minimum absolute atomic E-state index is 0.228. The summed E-state index contributed by atoms with van der Waals surface area (Å²) in [7, 11) is 4.99. The number of amides is 1. The summed E-state index contributed by atoms with van der Waals surface area (Å²) in [6, 6.07) is 8.74. The summed E-state index contributed by atoms with van der Waals surface area (Å²) in [6.07, 6.45) is 0. The zero-order valence-corrected chi connectivity index (χ0v) is 18.4. The highest BCUT2D eigenvalue weighted by Crippen LogP contribution is 2.29. The van der Waals surface area contributed by atoms with Crippen LogP contribution in [0, 0.1) is 11.6 Å². The summed E-state index contributed by atoms with van der Waals surface area (Å²) >= 11 is 1.22. The van der Waals surface area contributed by atoms with Gasteiger partial charge in [0.25, 0.3) is 0 Å². The Balaban J connectivity index is 1.64. The number of thiazole rings is 1. The van der Waals surface area contributed by atoms with Gasteiger partial charge in [0.15, 0.2) is 28.3 Å². The first-order valence-electron chi connectivity index (χ1n) is 9.45. The molecule has 0 aliphatic rings. The van der Waals surface area contributed by atoms with E-state index in [4.69, 9.17) is 9.47 Å². The first-order chi connectivity index (χ1) is 14.8. The summed E-state index contributed by atoms with van der Waals surface area (Å²) in [6.45, 7) is 2.31. The third-order valence-corrected chi connectivity index (χ3v) is 5.63. The second-order valence-corrected chi connectivity index (χ2v) is 7.79. The zero-order valence-electron chi connectivity index (χ0n) is 17.6. The van der Waals surface area contributed by atoms with E-state index in [-0.39, 0.29) is 5.91 Å². The van der Waals surface area contributed by atoms with Crippen molar-refractivity contribution in [3.05, 3.63) is 59.0 Å². The highest BCUT2D eigenvalue weighted by Gasteiger charge is 2.20. The van der Waals surface area contributed by atoms with E-state index in [1.54, 1.807) is 26.5 Å². The summed E-state index contributed by atoms with van der Waals surface area (Å²) in [5, 5.41) is 4.85. The highest BCUT2D eigenvalue weighted by atomic mass is 32.1. The summed E-state index contributed by atoms with van der Waals surface area (Å²) in [5.74, 6) is -0.826. The molecule has 1 atom stereocenters. The van der Waals surface area contributed by atoms with E-state index in [2.05, 4.69) is 10.3 Å². The molecule has 31 heavy (non-hydrogen) atoms. The van der Waals surface area contributed by atoms with Gasteiger partial charge in [0.2, 0.25) is 5.91 Å². The Labute approximate surface area is 183 Å². The van der Waals surface area contributed by atoms with Gasteiger partial charge in [-0.15, -0.1) is 11.3 Å². The molecule has 1 N–H and O–H groups in total. The van der Waals surface area contributed by atoms with Crippen LogP contribution in [0.25, 0.3) is 11.3 Å². The molecule has 2 aromatic carbocycles. The van der Waals surface area contributed by atoms with E-state index in [9.17, 15) is 13.6 Å². The van der Waals surface area contributed by atoms with Crippen LogP contribution in [-0.2, 0) is 11.3 Å². The molecule has 0 bridgehead atoms. The number of aromatic nitrogens is 1. The van der Waals surface area contributed by atoms with Crippen molar-refractivity contribution in [2.24, 2.45) is 0 Å². The average Bonchev–Trinajstić information content (AvgIpc) is 3.23. The molecule has 164 valence electrons. The van der Waals surface area contributed by atoms with Gasteiger partial charge in [0, 0.05) is 17.5 Å². The van der Waals surface area contributed by atoms with E-state index in [0.29, 0.717) is 34.4 Å². The van der Waals surface area contributed by atoms with Gasteiger partial charge in [-0.25, -0.2) is 13.8 Å². The van der Waals surface area contributed by atoms with E-state index in [0.717, 1.165) is 17.7 Å². The van der Waals surface area contributed by atoms with Crippen molar-refractivity contribution >= 4 is 22.4 Å². The molecule has 6 nitrogen and oxygen atoms in total. The lowest BCUT2D eigenvalue weighted by atomic mass is 10.1. The summed E-state index contributed by atoms with van der Waals surface area (Å²) in [4.78, 5) is 18.9. The van der Waals surface area contributed by atoms with Crippen molar-refractivity contribution in [1.82, 2.24) is 9.88 Å². The lowest BCUT2D eigenvalue weighted by Gasteiger charge is -2.23. The molecular formula is C22H23F2N3O3S. The molecule has 1 unspecified atom stereocenters. The predicted molar refractivity (Wildman–Crippen MR) is 117 cm³/mol. The minimum Gasteiger partial charge on any atom is -0.493 e. The molecule has 1 heterocycles. The van der Waals surface area contributed by atoms with E-state index in [1.807, 2.05) is 30.1 Å². The fourth-order valence-corrected chi connectivity index (χ4v) is 3.66. The number of methoxy groups -OCH3 is 2. The predicted octanol–water partition coefficient (Wildman–Crippen LogP) is 4.56. The number of ether oxygens (including phenoxy) is 2. The quantitative estimate of drug-likeness (QED) is 0.548. The van der Waals surface area contributed by atoms with Gasteiger partial charge >= 0.3 is 0 Å². The number of nitrogens with zero attached hydrogens (tertiary/aromatic N) is 2. The molecule has 0 fully saturated rings. The second-order valence-electron chi connectivity index (χ2n) is 6.94. The number of rotatable bonds is 8. The van der Waals surface area contributed by atoms with Gasteiger partial charge in [-0.2, -0.15) is 0 Å². The maximum Gasteiger partial charge on any atom is 0.243 e. The third-order valence-electron chi connectivity index (χ3n) is 4.87. The zero-order chi connectivity index (χ0) is 22.5. The molecule has 0 spiro atoms. The molecule has 1 amide bonds. The van der Waals surface area contributed by atoms with Gasteiger partial charge in [0.1, 0.15) is 0 Å². The van der Waals surface area contributed by atoms with Crippen LogP contribution in [0.15, 0.2) is 41.8 Å². The van der Waals surface area contributed by atoms with Crippen LogP contribution in [0.1, 0.15) is 12.5 Å². The Morgan fingerprint density at radius 3 is 2.55 bits per heavy atom. The van der Waals surface area contributed by atoms with Crippen LogP contribution < -0.4 is 14.8 Å². The Bertz CT molecular complexity index is 1070. The largest absolute Gasteiger partial charge is 0.493 e. The number of nitrogens with one attached hydrogen (secondary N) is 1. The molecule has 0 saturated carbocycles. The highest BCUT2D eigenvalue weighted by molar-refractivity contribution is 7.14. The van der Waals surface area contributed by atoms with Crippen molar-refractivity contribution < 1.29 is 23.0 Å². The van der Waals surface area contributed by atoms with Gasteiger partial charge in [-0.3, -0.25) is 9.69 Å². The smallest absolute Gasteiger partial charge is 0.243 e. The Morgan fingerprint density at radius 2 is 1.87 bits per heavy atom. The molecule has 0 radical (unpaired) electrons. The SMILES string of the molecule is COc1ccc(CN(C)C(C)C(=O)Nc2nc(-c3ccc(F)c(F)c3)cs2)cc1OC. The summed E-state index contributed by atoms with van der Waals surface area (Å²) < 4.78 is 37.2. The van der Waals surface area contributed by atoms with E-state index < -0.39 is 17.7 Å². The van der Waals surface area contributed by atoms with Crippen molar-refractivity contribution in [1.29, 1.82) is 0 Å². The molecule has 1 aromatic heterocycles. The lowest BCUT2D eigenvalue weighted by molar-refractivity contribution is -0.120. The molecule has 3 aromatic rings. The van der Waals surface area contributed by atoms with Gasteiger partial charge in [0.05, 0.1) is 26.0 Å². The van der Waals surface area contributed by atoms with Crippen LogP contribution in [0.4, 0.5) is 13.9 Å². The van der Waals surface area contributed by atoms with Crippen molar-refractivity contribution in [2.45, 2.75) is 19.5 Å². The molecule has 0 aliphatic heterocycles. The second kappa shape index (κ2) is 9.84. The normalized spacial score (nSPS) is 12.0.